The fraction of sp³-hybridized carbons (Fsp3) is 0.400. The van der Waals surface area contributed by atoms with Crippen LogP contribution in [0.3, 0.4) is 0 Å². The zero-order chi connectivity index (χ0) is 17.1. The molecular weight excluding hydrogens is 314 g/mol. The molecule has 0 aromatic carbocycles. The van der Waals surface area contributed by atoms with E-state index in [1.165, 1.54) is 17.1 Å². The highest BCUT2D eigenvalue weighted by Gasteiger charge is 2.18. The van der Waals surface area contributed by atoms with Gasteiger partial charge in [-0.1, -0.05) is 0 Å². The van der Waals surface area contributed by atoms with Gasteiger partial charge in [0.1, 0.15) is 12.4 Å². The lowest BCUT2D eigenvalue weighted by Gasteiger charge is -2.12. The molecule has 1 atom stereocenters. The second-order valence-corrected chi connectivity index (χ2v) is 5.57. The van der Waals surface area contributed by atoms with Crippen molar-refractivity contribution in [2.45, 2.75) is 25.9 Å². The van der Waals surface area contributed by atoms with Gasteiger partial charge in [-0.2, -0.15) is 5.10 Å². The number of amides is 1. The minimum Gasteiger partial charge on any atom is -0.376 e. The molecule has 1 aliphatic heterocycles. The average molecular weight is 331 g/mol. The molecule has 1 fully saturated rings. The Bertz CT molecular complexity index is 767. The van der Waals surface area contributed by atoms with Gasteiger partial charge in [0, 0.05) is 13.2 Å². The van der Waals surface area contributed by atoms with Crippen molar-refractivity contribution in [2.75, 3.05) is 13.2 Å². The van der Waals surface area contributed by atoms with E-state index in [4.69, 9.17) is 4.74 Å². The summed E-state index contributed by atoms with van der Waals surface area (Å²) in [4.78, 5) is 26.8. The van der Waals surface area contributed by atoms with E-state index < -0.39 is 4.92 Å². The van der Waals surface area contributed by atoms with Gasteiger partial charge in [0.15, 0.2) is 0 Å². The fourth-order valence-electron chi connectivity index (χ4n) is 2.53. The summed E-state index contributed by atoms with van der Waals surface area (Å²) < 4.78 is 6.80. The largest absolute Gasteiger partial charge is 0.376 e. The first-order valence-electron chi connectivity index (χ1n) is 7.60. The summed E-state index contributed by atoms with van der Waals surface area (Å²) in [7, 11) is 0. The highest BCUT2D eigenvalue weighted by atomic mass is 16.6. The smallest absolute Gasteiger partial charge is 0.307 e. The number of nitro groups is 1. The van der Waals surface area contributed by atoms with Crippen molar-refractivity contribution < 1.29 is 14.5 Å². The van der Waals surface area contributed by atoms with E-state index in [-0.39, 0.29) is 17.7 Å². The first-order chi connectivity index (χ1) is 11.5. The molecule has 1 amide bonds. The van der Waals surface area contributed by atoms with Crippen LogP contribution in [-0.2, 0) is 4.74 Å². The lowest BCUT2D eigenvalue weighted by atomic mass is 10.1. The van der Waals surface area contributed by atoms with Gasteiger partial charge >= 0.3 is 5.69 Å². The summed E-state index contributed by atoms with van der Waals surface area (Å²) in [6.07, 6.45) is 5.95. The van der Waals surface area contributed by atoms with Gasteiger partial charge in [-0.3, -0.25) is 19.9 Å². The maximum atomic E-state index is 12.4. The van der Waals surface area contributed by atoms with Crippen LogP contribution >= 0.6 is 0 Å². The Morgan fingerprint density at radius 3 is 3.04 bits per heavy atom. The zero-order valence-electron chi connectivity index (χ0n) is 13.1. The van der Waals surface area contributed by atoms with Crippen molar-refractivity contribution in [3.05, 3.63) is 46.0 Å². The second-order valence-electron chi connectivity index (χ2n) is 5.57. The number of hydrogen-bond acceptors (Lipinski definition) is 6. The number of hydrogen-bond donors (Lipinski definition) is 1. The molecule has 0 spiro atoms. The molecular formula is C15H17N5O4. The second kappa shape index (κ2) is 6.75. The monoisotopic (exact) mass is 331 g/mol. The molecule has 0 unspecified atom stereocenters. The third-order valence-electron chi connectivity index (χ3n) is 3.88. The molecule has 3 heterocycles. The van der Waals surface area contributed by atoms with Crippen LogP contribution in [0.25, 0.3) is 5.69 Å². The zero-order valence-corrected chi connectivity index (χ0v) is 13.1. The Hall–Kier alpha value is -2.81. The maximum Gasteiger partial charge on any atom is 0.307 e. The van der Waals surface area contributed by atoms with E-state index in [0.29, 0.717) is 23.5 Å². The number of rotatable bonds is 5. The van der Waals surface area contributed by atoms with E-state index in [9.17, 15) is 14.9 Å². The number of nitrogens with one attached hydrogen (secondary N) is 1. The summed E-state index contributed by atoms with van der Waals surface area (Å²) >= 11 is 0. The number of nitrogens with zero attached hydrogens (tertiary/aromatic N) is 4. The van der Waals surface area contributed by atoms with Crippen LogP contribution in [0.5, 0.6) is 0 Å². The van der Waals surface area contributed by atoms with E-state index in [2.05, 4.69) is 15.4 Å². The van der Waals surface area contributed by atoms with Gasteiger partial charge in [-0.05, 0) is 25.8 Å². The Kier molecular flexibility index (Phi) is 4.52. The number of carbonyl (C=O) groups excluding carboxylic acids is 1. The minimum absolute atomic E-state index is 0.0548. The van der Waals surface area contributed by atoms with Crippen LogP contribution in [0.15, 0.2) is 24.7 Å². The predicted octanol–water partition coefficient (Wildman–Crippen LogP) is 1.39. The van der Waals surface area contributed by atoms with Crippen molar-refractivity contribution in [1.82, 2.24) is 20.1 Å². The molecule has 1 saturated heterocycles. The third-order valence-corrected chi connectivity index (χ3v) is 3.88. The van der Waals surface area contributed by atoms with Gasteiger partial charge in [0.05, 0.1) is 34.2 Å². The molecule has 0 bridgehead atoms. The first-order valence-corrected chi connectivity index (χ1v) is 7.60. The topological polar surface area (TPSA) is 112 Å². The molecule has 0 aliphatic carbocycles. The quantitative estimate of drug-likeness (QED) is 0.654. The molecule has 9 heteroatoms. The van der Waals surface area contributed by atoms with Gasteiger partial charge in [-0.25, -0.2) is 4.68 Å². The Balaban J connectivity index is 1.77. The van der Waals surface area contributed by atoms with Crippen molar-refractivity contribution in [2.24, 2.45) is 0 Å². The van der Waals surface area contributed by atoms with Crippen LogP contribution in [-0.4, -0.2) is 44.9 Å². The molecule has 9 nitrogen and oxygen atoms in total. The molecule has 0 saturated carbocycles. The molecule has 24 heavy (non-hydrogen) atoms. The number of aromatic nitrogens is 3. The van der Waals surface area contributed by atoms with Crippen LogP contribution in [0.2, 0.25) is 0 Å². The Morgan fingerprint density at radius 1 is 1.54 bits per heavy atom. The average Bonchev–Trinajstić information content (AvgIpc) is 3.24. The number of ether oxygens (including phenoxy) is 1. The van der Waals surface area contributed by atoms with Gasteiger partial charge in [-0.15, -0.1) is 0 Å². The summed E-state index contributed by atoms with van der Waals surface area (Å²) in [5, 5.41) is 17.5. The molecule has 2 aromatic heterocycles. The van der Waals surface area contributed by atoms with Crippen molar-refractivity contribution >= 4 is 11.6 Å². The normalized spacial score (nSPS) is 17.0. The summed E-state index contributed by atoms with van der Waals surface area (Å²) in [5.74, 6) is -0.251. The lowest BCUT2D eigenvalue weighted by molar-refractivity contribution is -0.384. The van der Waals surface area contributed by atoms with Crippen LogP contribution in [0, 0.1) is 17.0 Å². The summed E-state index contributed by atoms with van der Waals surface area (Å²) in [5.41, 5.74) is 1.34. The lowest BCUT2D eigenvalue weighted by Crippen LogP contribution is -2.32. The van der Waals surface area contributed by atoms with E-state index >= 15 is 0 Å². The van der Waals surface area contributed by atoms with Gasteiger partial charge < -0.3 is 10.1 Å². The Labute approximate surface area is 137 Å². The van der Waals surface area contributed by atoms with E-state index in [1.807, 2.05) is 0 Å². The summed E-state index contributed by atoms with van der Waals surface area (Å²) in [6, 6.07) is 1.61. The maximum absolute atomic E-state index is 12.4. The fourth-order valence-corrected chi connectivity index (χ4v) is 2.53. The van der Waals surface area contributed by atoms with Crippen molar-refractivity contribution in [3.63, 3.8) is 0 Å². The number of carbonyl (C=O) groups is 1. The van der Waals surface area contributed by atoms with Gasteiger partial charge in [0.2, 0.25) is 0 Å². The van der Waals surface area contributed by atoms with Crippen molar-refractivity contribution in [3.8, 4) is 5.69 Å². The summed E-state index contributed by atoms with van der Waals surface area (Å²) in [6.45, 7) is 2.92. The van der Waals surface area contributed by atoms with E-state index in [0.717, 1.165) is 25.6 Å². The third kappa shape index (κ3) is 3.40. The molecule has 1 aliphatic rings. The first kappa shape index (κ1) is 16.1. The van der Waals surface area contributed by atoms with Gasteiger partial charge in [0.25, 0.3) is 5.91 Å². The number of aryl methyl sites for hydroxylation is 1. The molecule has 2 aromatic rings. The predicted molar refractivity (Wildman–Crippen MR) is 84.1 cm³/mol. The Morgan fingerprint density at radius 2 is 2.38 bits per heavy atom. The molecule has 1 N–H and O–H groups in total. The van der Waals surface area contributed by atoms with Crippen LogP contribution in [0.1, 0.15) is 28.9 Å². The molecule has 3 rings (SSSR count). The highest BCUT2D eigenvalue weighted by molar-refractivity contribution is 5.95. The molecule has 0 radical (unpaired) electrons. The number of pyridine rings is 1. The standard InChI is InChI=1S/C15H17N5O4/c1-10-14(15(21)17-8-13-3-2-4-24-13)5-11(6-16-10)19-9-12(7-18-19)20(22)23/h5-7,9,13H,2-4,8H2,1H3,(H,17,21)/t13-/m1/s1. The van der Waals surface area contributed by atoms with E-state index in [1.54, 1.807) is 13.0 Å². The van der Waals surface area contributed by atoms with Crippen LogP contribution in [0.4, 0.5) is 5.69 Å². The van der Waals surface area contributed by atoms with Crippen LogP contribution < -0.4 is 5.32 Å². The highest BCUT2D eigenvalue weighted by Crippen LogP contribution is 2.16. The SMILES string of the molecule is Cc1ncc(-n2cc([N+](=O)[O-])cn2)cc1C(=O)NC[C@H]1CCCO1. The minimum atomic E-state index is -0.527. The molecule has 126 valence electrons. The van der Waals surface area contributed by atoms with Crippen molar-refractivity contribution in [1.29, 1.82) is 0 Å².